The molecule has 1 aromatic rings. The van der Waals surface area contributed by atoms with Crippen molar-refractivity contribution in [1.82, 2.24) is 20.1 Å². The highest BCUT2D eigenvalue weighted by atomic mass is 16.4. The minimum Gasteiger partial charge on any atom is -0.480 e. The van der Waals surface area contributed by atoms with Crippen LogP contribution < -0.4 is 0 Å². The van der Waals surface area contributed by atoms with Gasteiger partial charge in [0.1, 0.15) is 12.4 Å². The van der Waals surface area contributed by atoms with Crippen LogP contribution in [-0.2, 0) is 4.79 Å². The highest BCUT2D eigenvalue weighted by Crippen LogP contribution is 2.30. The fourth-order valence-corrected chi connectivity index (χ4v) is 1.76. The van der Waals surface area contributed by atoms with E-state index in [-0.39, 0.29) is 18.3 Å². The fraction of sp³-hybridized carbons (Fsp3) is 0.667. The van der Waals surface area contributed by atoms with E-state index in [4.69, 9.17) is 5.11 Å². The van der Waals surface area contributed by atoms with E-state index in [1.54, 1.807) is 0 Å². The van der Waals surface area contributed by atoms with E-state index in [2.05, 4.69) is 15.2 Å². The molecule has 1 aliphatic carbocycles. The van der Waals surface area contributed by atoms with Gasteiger partial charge in [0.05, 0.1) is 0 Å². The Morgan fingerprint density at radius 2 is 2.16 bits per heavy atom. The first kappa shape index (κ1) is 13.5. The van der Waals surface area contributed by atoms with Gasteiger partial charge < -0.3 is 10.0 Å². The Bertz CT molecular complexity index is 479. The molecule has 1 amide bonds. The molecule has 0 bridgehead atoms. The number of H-pyrrole nitrogens is 1. The zero-order valence-corrected chi connectivity index (χ0v) is 11.1. The standard InChI is InChI=1S/C12H18N4O3/c1-7(2)10-13-11(15-14-10)12(19)16(6-9(17)18)5-8-3-4-8/h7-8H,3-6H2,1-2H3,(H,17,18)(H,13,14,15). The number of hydrogen-bond acceptors (Lipinski definition) is 4. The molecule has 1 aromatic heterocycles. The molecule has 104 valence electrons. The molecule has 7 heteroatoms. The predicted octanol–water partition coefficient (Wildman–Crippen LogP) is 0.865. The van der Waals surface area contributed by atoms with Crippen LogP contribution in [0.4, 0.5) is 0 Å². The summed E-state index contributed by atoms with van der Waals surface area (Å²) in [5, 5.41) is 15.4. The van der Waals surface area contributed by atoms with E-state index in [0.29, 0.717) is 18.3 Å². The summed E-state index contributed by atoms with van der Waals surface area (Å²) in [5.41, 5.74) is 0. The predicted molar refractivity (Wildman–Crippen MR) is 66.7 cm³/mol. The SMILES string of the molecule is CC(C)c1nc(C(=O)N(CC(=O)O)CC2CC2)n[nH]1. The average Bonchev–Trinajstić information content (AvgIpc) is 3.00. The molecule has 0 unspecified atom stereocenters. The lowest BCUT2D eigenvalue weighted by atomic mass is 10.2. The summed E-state index contributed by atoms with van der Waals surface area (Å²) in [6, 6.07) is 0. The number of hydrogen-bond donors (Lipinski definition) is 2. The third kappa shape index (κ3) is 3.52. The minimum absolute atomic E-state index is 0.0469. The topological polar surface area (TPSA) is 99.2 Å². The van der Waals surface area contributed by atoms with Crippen molar-refractivity contribution in [3.8, 4) is 0 Å². The number of carboxylic acids is 1. The van der Waals surface area contributed by atoms with Crippen molar-refractivity contribution >= 4 is 11.9 Å². The van der Waals surface area contributed by atoms with E-state index in [1.807, 2.05) is 13.8 Å². The van der Waals surface area contributed by atoms with Gasteiger partial charge in [-0.2, -0.15) is 0 Å². The molecule has 2 N–H and O–H groups in total. The van der Waals surface area contributed by atoms with E-state index in [0.717, 1.165) is 12.8 Å². The Balaban J connectivity index is 2.09. The summed E-state index contributed by atoms with van der Waals surface area (Å²) in [4.78, 5) is 28.4. The normalized spacial score (nSPS) is 14.7. The van der Waals surface area contributed by atoms with E-state index >= 15 is 0 Å². The van der Waals surface area contributed by atoms with Crippen LogP contribution in [0.15, 0.2) is 0 Å². The van der Waals surface area contributed by atoms with Crippen molar-refractivity contribution in [3.63, 3.8) is 0 Å². The molecule has 0 atom stereocenters. The van der Waals surface area contributed by atoms with Crippen LogP contribution in [0.5, 0.6) is 0 Å². The first-order valence-electron chi connectivity index (χ1n) is 6.40. The van der Waals surface area contributed by atoms with Gasteiger partial charge in [-0.1, -0.05) is 13.8 Å². The maximum Gasteiger partial charge on any atom is 0.323 e. The number of carbonyl (C=O) groups is 2. The lowest BCUT2D eigenvalue weighted by Crippen LogP contribution is -2.37. The third-order valence-electron chi connectivity index (χ3n) is 3.03. The van der Waals surface area contributed by atoms with Gasteiger partial charge in [0, 0.05) is 12.5 Å². The molecule has 0 aliphatic heterocycles. The van der Waals surface area contributed by atoms with Crippen molar-refractivity contribution in [1.29, 1.82) is 0 Å². The minimum atomic E-state index is -1.02. The van der Waals surface area contributed by atoms with Gasteiger partial charge in [-0.05, 0) is 18.8 Å². The van der Waals surface area contributed by atoms with Gasteiger partial charge in [0.15, 0.2) is 0 Å². The molecule has 2 rings (SSSR count). The molecule has 1 aliphatic rings. The highest BCUT2D eigenvalue weighted by Gasteiger charge is 2.30. The summed E-state index contributed by atoms with van der Waals surface area (Å²) in [6.45, 7) is 4.04. The molecular formula is C12H18N4O3. The Hall–Kier alpha value is -1.92. The van der Waals surface area contributed by atoms with E-state index < -0.39 is 11.9 Å². The largest absolute Gasteiger partial charge is 0.480 e. The maximum atomic E-state index is 12.2. The maximum absolute atomic E-state index is 12.2. The molecule has 0 spiro atoms. The summed E-state index contributed by atoms with van der Waals surface area (Å²) in [7, 11) is 0. The van der Waals surface area contributed by atoms with Crippen molar-refractivity contribution in [2.45, 2.75) is 32.6 Å². The van der Waals surface area contributed by atoms with Gasteiger partial charge in [0.25, 0.3) is 5.91 Å². The second kappa shape index (κ2) is 5.38. The van der Waals surface area contributed by atoms with Crippen LogP contribution in [0.3, 0.4) is 0 Å². The molecule has 1 saturated carbocycles. The quantitative estimate of drug-likeness (QED) is 0.795. The van der Waals surface area contributed by atoms with Gasteiger partial charge in [-0.25, -0.2) is 4.98 Å². The van der Waals surface area contributed by atoms with Crippen LogP contribution in [0, 0.1) is 5.92 Å². The summed E-state index contributed by atoms with van der Waals surface area (Å²) < 4.78 is 0. The van der Waals surface area contributed by atoms with Crippen molar-refractivity contribution < 1.29 is 14.7 Å². The van der Waals surface area contributed by atoms with Crippen LogP contribution >= 0.6 is 0 Å². The van der Waals surface area contributed by atoms with Gasteiger partial charge >= 0.3 is 5.97 Å². The van der Waals surface area contributed by atoms with Gasteiger partial charge in [0.2, 0.25) is 5.82 Å². The molecule has 0 aromatic carbocycles. The molecule has 0 saturated heterocycles. The summed E-state index contributed by atoms with van der Waals surface area (Å²) in [6.07, 6.45) is 2.10. The van der Waals surface area contributed by atoms with Crippen LogP contribution in [0.1, 0.15) is 49.1 Å². The first-order valence-corrected chi connectivity index (χ1v) is 6.40. The smallest absolute Gasteiger partial charge is 0.323 e. The van der Waals surface area contributed by atoms with Gasteiger partial charge in [-0.3, -0.25) is 14.7 Å². The number of carbonyl (C=O) groups excluding carboxylic acids is 1. The van der Waals surface area contributed by atoms with Crippen LogP contribution in [0.2, 0.25) is 0 Å². The van der Waals surface area contributed by atoms with Crippen LogP contribution in [-0.4, -0.2) is 50.2 Å². The van der Waals surface area contributed by atoms with Gasteiger partial charge in [-0.15, -0.1) is 5.10 Å². The monoisotopic (exact) mass is 266 g/mol. The number of rotatable bonds is 6. The zero-order chi connectivity index (χ0) is 14.0. The number of aliphatic carboxylic acids is 1. The average molecular weight is 266 g/mol. The summed E-state index contributed by atoms with van der Waals surface area (Å²) >= 11 is 0. The zero-order valence-electron chi connectivity index (χ0n) is 11.1. The Morgan fingerprint density at radius 1 is 1.47 bits per heavy atom. The molecule has 1 fully saturated rings. The lowest BCUT2D eigenvalue weighted by molar-refractivity contribution is -0.137. The van der Waals surface area contributed by atoms with E-state index in [9.17, 15) is 9.59 Å². The molecular weight excluding hydrogens is 248 g/mol. The second-order valence-corrected chi connectivity index (χ2v) is 5.22. The third-order valence-corrected chi connectivity index (χ3v) is 3.03. The fourth-order valence-electron chi connectivity index (χ4n) is 1.76. The first-order chi connectivity index (χ1) is 8.97. The van der Waals surface area contributed by atoms with Crippen LogP contribution in [0.25, 0.3) is 0 Å². The van der Waals surface area contributed by atoms with E-state index in [1.165, 1.54) is 4.90 Å². The lowest BCUT2D eigenvalue weighted by Gasteiger charge is -2.18. The molecule has 19 heavy (non-hydrogen) atoms. The Kier molecular flexibility index (Phi) is 3.82. The molecule has 0 radical (unpaired) electrons. The van der Waals surface area contributed by atoms with Crippen molar-refractivity contribution in [2.75, 3.05) is 13.1 Å². The number of aromatic amines is 1. The van der Waals surface area contributed by atoms with Crippen molar-refractivity contribution in [2.24, 2.45) is 5.92 Å². The number of amides is 1. The molecule has 1 heterocycles. The number of nitrogens with one attached hydrogen (secondary N) is 1. The Labute approximate surface area is 111 Å². The highest BCUT2D eigenvalue weighted by molar-refractivity contribution is 5.92. The number of nitrogens with zero attached hydrogens (tertiary/aromatic N) is 3. The number of aromatic nitrogens is 3. The number of carboxylic acid groups (broad SMARTS) is 1. The Morgan fingerprint density at radius 3 is 2.63 bits per heavy atom. The summed E-state index contributed by atoms with van der Waals surface area (Å²) in [5.74, 6) is -0.195. The molecule has 7 nitrogen and oxygen atoms in total. The second-order valence-electron chi connectivity index (χ2n) is 5.22. The van der Waals surface area contributed by atoms with Crippen molar-refractivity contribution in [3.05, 3.63) is 11.6 Å².